The molecule has 0 aliphatic carbocycles. The lowest BCUT2D eigenvalue weighted by Crippen LogP contribution is -2.29. The summed E-state index contributed by atoms with van der Waals surface area (Å²) in [4.78, 5) is 15.1. The minimum atomic E-state index is -4.47. The minimum absolute atomic E-state index is 0.0461. The average Bonchev–Trinajstić information content (AvgIpc) is 2.97. The third-order valence-corrected chi connectivity index (χ3v) is 3.02. The summed E-state index contributed by atoms with van der Waals surface area (Å²) in [5, 5.41) is 5.08. The molecule has 1 amide bonds. The molecule has 102 valence electrons. The van der Waals surface area contributed by atoms with Crippen molar-refractivity contribution in [3.8, 4) is 0 Å². The lowest BCUT2D eigenvalue weighted by Gasteiger charge is -2.01. The molecule has 0 saturated heterocycles. The molecule has 0 aliphatic heterocycles. The van der Waals surface area contributed by atoms with E-state index < -0.39 is 17.8 Å². The molecule has 0 aromatic carbocycles. The molecule has 10 heteroatoms. The Morgan fingerprint density at radius 1 is 1.53 bits per heavy atom. The number of thiazole rings is 1. The standard InChI is InChI=1S/C9H8F3N5OS/c10-9(11,12)6-1-2-17(16-6)3-5-4-19-8(14-5)7(18)15-13/h1-2,4H,3,13H2,(H,15,18). The van der Waals surface area contributed by atoms with Gasteiger partial charge in [-0.3, -0.25) is 14.9 Å². The number of alkyl halides is 3. The molecule has 2 heterocycles. The smallest absolute Gasteiger partial charge is 0.288 e. The first-order valence-corrected chi connectivity index (χ1v) is 5.84. The van der Waals surface area contributed by atoms with E-state index in [2.05, 4.69) is 10.1 Å². The Balaban J connectivity index is 2.11. The van der Waals surface area contributed by atoms with E-state index in [1.807, 2.05) is 5.43 Å². The topological polar surface area (TPSA) is 85.8 Å². The van der Waals surface area contributed by atoms with E-state index >= 15 is 0 Å². The fraction of sp³-hybridized carbons (Fsp3) is 0.222. The van der Waals surface area contributed by atoms with Crippen LogP contribution >= 0.6 is 11.3 Å². The quantitative estimate of drug-likeness (QED) is 0.502. The summed E-state index contributed by atoms with van der Waals surface area (Å²) in [7, 11) is 0. The number of nitrogens with two attached hydrogens (primary N) is 1. The molecule has 0 atom stereocenters. The summed E-state index contributed by atoms with van der Waals surface area (Å²) >= 11 is 1.05. The van der Waals surface area contributed by atoms with Gasteiger partial charge in [-0.15, -0.1) is 11.3 Å². The van der Waals surface area contributed by atoms with Crippen LogP contribution in [0.1, 0.15) is 21.2 Å². The van der Waals surface area contributed by atoms with Crippen LogP contribution in [0.4, 0.5) is 13.2 Å². The zero-order valence-corrected chi connectivity index (χ0v) is 10.1. The van der Waals surface area contributed by atoms with Crippen molar-refractivity contribution in [3.05, 3.63) is 34.0 Å². The van der Waals surface area contributed by atoms with Crippen molar-refractivity contribution < 1.29 is 18.0 Å². The van der Waals surface area contributed by atoms with Gasteiger partial charge in [0.2, 0.25) is 0 Å². The maximum absolute atomic E-state index is 12.3. The fourth-order valence-corrected chi connectivity index (χ4v) is 2.02. The summed E-state index contributed by atoms with van der Waals surface area (Å²) in [6, 6.07) is 0.875. The van der Waals surface area contributed by atoms with E-state index in [-0.39, 0.29) is 11.6 Å². The van der Waals surface area contributed by atoms with Crippen LogP contribution in [0.2, 0.25) is 0 Å². The van der Waals surface area contributed by atoms with Gasteiger partial charge in [0, 0.05) is 11.6 Å². The minimum Gasteiger partial charge on any atom is -0.288 e. The number of hydrazine groups is 1. The first-order valence-electron chi connectivity index (χ1n) is 4.96. The summed E-state index contributed by atoms with van der Waals surface area (Å²) in [5.41, 5.74) is 1.38. The third-order valence-electron chi connectivity index (χ3n) is 2.13. The molecule has 2 rings (SSSR count). The lowest BCUT2D eigenvalue weighted by molar-refractivity contribution is -0.141. The fourth-order valence-electron chi connectivity index (χ4n) is 1.31. The van der Waals surface area contributed by atoms with Crippen molar-refractivity contribution in [3.63, 3.8) is 0 Å². The zero-order chi connectivity index (χ0) is 14.0. The van der Waals surface area contributed by atoms with Crippen LogP contribution in [0.25, 0.3) is 0 Å². The van der Waals surface area contributed by atoms with Crippen molar-refractivity contribution in [2.45, 2.75) is 12.7 Å². The number of nitrogen functional groups attached to an aromatic ring is 1. The Kier molecular flexibility index (Phi) is 3.53. The van der Waals surface area contributed by atoms with Gasteiger partial charge in [0.15, 0.2) is 10.7 Å². The number of amides is 1. The Hall–Kier alpha value is -1.94. The molecule has 0 aliphatic rings. The maximum atomic E-state index is 12.3. The van der Waals surface area contributed by atoms with Crippen LogP contribution < -0.4 is 11.3 Å². The summed E-state index contributed by atoms with van der Waals surface area (Å²) in [5.74, 6) is 4.39. The van der Waals surface area contributed by atoms with E-state index in [1.54, 1.807) is 5.38 Å². The van der Waals surface area contributed by atoms with Gasteiger partial charge >= 0.3 is 6.18 Å². The highest BCUT2D eigenvalue weighted by molar-refractivity contribution is 7.11. The number of hydrogen-bond acceptors (Lipinski definition) is 5. The number of aromatic nitrogens is 3. The second kappa shape index (κ2) is 4.97. The van der Waals surface area contributed by atoms with Crippen LogP contribution in [0.15, 0.2) is 17.6 Å². The van der Waals surface area contributed by atoms with Crippen molar-refractivity contribution in [2.24, 2.45) is 5.84 Å². The SMILES string of the molecule is NNC(=O)c1nc(Cn2ccc(C(F)(F)F)n2)cs1. The Bertz CT molecular complexity index is 591. The number of nitrogens with zero attached hydrogens (tertiary/aromatic N) is 3. The van der Waals surface area contributed by atoms with Crippen molar-refractivity contribution in [2.75, 3.05) is 0 Å². The largest absolute Gasteiger partial charge is 0.435 e. The predicted molar refractivity (Wildman–Crippen MR) is 60.1 cm³/mol. The molecule has 0 spiro atoms. The van der Waals surface area contributed by atoms with Crippen LogP contribution in [0.3, 0.4) is 0 Å². The van der Waals surface area contributed by atoms with Crippen LogP contribution in [0, 0.1) is 0 Å². The number of halogens is 3. The Labute approximate surface area is 109 Å². The Morgan fingerprint density at radius 2 is 2.26 bits per heavy atom. The van der Waals surface area contributed by atoms with Crippen LogP contribution in [-0.4, -0.2) is 20.7 Å². The number of nitrogens with one attached hydrogen (secondary N) is 1. The maximum Gasteiger partial charge on any atom is 0.435 e. The molecular weight excluding hydrogens is 283 g/mol. The van der Waals surface area contributed by atoms with Crippen LogP contribution in [0.5, 0.6) is 0 Å². The van der Waals surface area contributed by atoms with E-state index in [0.717, 1.165) is 22.1 Å². The highest BCUT2D eigenvalue weighted by Crippen LogP contribution is 2.27. The molecule has 0 radical (unpaired) electrons. The molecule has 0 bridgehead atoms. The highest BCUT2D eigenvalue weighted by atomic mass is 32.1. The second-order valence-electron chi connectivity index (χ2n) is 3.51. The normalized spacial score (nSPS) is 11.6. The molecule has 6 nitrogen and oxygen atoms in total. The van der Waals surface area contributed by atoms with E-state index in [4.69, 9.17) is 5.84 Å². The lowest BCUT2D eigenvalue weighted by atomic mass is 10.4. The summed E-state index contributed by atoms with van der Waals surface area (Å²) in [6.07, 6.45) is -3.28. The molecule has 2 aromatic rings. The van der Waals surface area contributed by atoms with Gasteiger partial charge in [0.1, 0.15) is 0 Å². The van der Waals surface area contributed by atoms with Crippen molar-refractivity contribution in [1.29, 1.82) is 0 Å². The molecule has 3 N–H and O–H groups in total. The summed E-state index contributed by atoms with van der Waals surface area (Å²) in [6.45, 7) is 0.0461. The number of carbonyl (C=O) groups is 1. The predicted octanol–water partition coefficient (Wildman–Crippen LogP) is 1.01. The molecule has 0 saturated carbocycles. The number of carbonyl (C=O) groups excluding carboxylic acids is 1. The van der Waals surface area contributed by atoms with Crippen molar-refractivity contribution >= 4 is 17.2 Å². The molecule has 0 unspecified atom stereocenters. The zero-order valence-electron chi connectivity index (χ0n) is 9.31. The number of rotatable bonds is 3. The molecular formula is C9H8F3N5OS. The molecule has 19 heavy (non-hydrogen) atoms. The van der Waals surface area contributed by atoms with Gasteiger partial charge in [0.25, 0.3) is 5.91 Å². The second-order valence-corrected chi connectivity index (χ2v) is 4.37. The van der Waals surface area contributed by atoms with Gasteiger partial charge in [-0.25, -0.2) is 10.8 Å². The van der Waals surface area contributed by atoms with Crippen molar-refractivity contribution in [1.82, 2.24) is 20.2 Å². The summed E-state index contributed by atoms with van der Waals surface area (Å²) < 4.78 is 38.1. The molecule has 0 fully saturated rings. The van der Waals surface area contributed by atoms with Gasteiger partial charge in [-0.1, -0.05) is 0 Å². The first-order chi connectivity index (χ1) is 8.90. The number of hydrogen-bond donors (Lipinski definition) is 2. The monoisotopic (exact) mass is 291 g/mol. The van der Waals surface area contributed by atoms with E-state index in [1.165, 1.54) is 6.20 Å². The van der Waals surface area contributed by atoms with Gasteiger partial charge in [-0.2, -0.15) is 18.3 Å². The Morgan fingerprint density at radius 3 is 2.84 bits per heavy atom. The van der Waals surface area contributed by atoms with Gasteiger partial charge in [0.05, 0.1) is 12.2 Å². The first kappa shape index (κ1) is 13.5. The molecule has 2 aromatic heterocycles. The van der Waals surface area contributed by atoms with E-state index in [9.17, 15) is 18.0 Å². The van der Waals surface area contributed by atoms with E-state index in [0.29, 0.717) is 5.69 Å². The highest BCUT2D eigenvalue weighted by Gasteiger charge is 2.33. The van der Waals surface area contributed by atoms with Gasteiger partial charge < -0.3 is 0 Å². The van der Waals surface area contributed by atoms with Crippen LogP contribution in [-0.2, 0) is 12.7 Å². The third kappa shape index (κ3) is 3.09. The average molecular weight is 291 g/mol. The van der Waals surface area contributed by atoms with Gasteiger partial charge in [-0.05, 0) is 6.07 Å².